The fraction of sp³-hybridized carbons (Fsp3) is 0.360. The van der Waals surface area contributed by atoms with Crippen LogP contribution in [0.1, 0.15) is 47.1 Å². The van der Waals surface area contributed by atoms with E-state index in [1.807, 2.05) is 6.08 Å². The van der Waals surface area contributed by atoms with Crippen LogP contribution in [0, 0.1) is 5.41 Å². The lowest BCUT2D eigenvalue weighted by molar-refractivity contribution is 0.494. The van der Waals surface area contributed by atoms with Crippen molar-refractivity contribution in [2.45, 2.75) is 47.0 Å². The third kappa shape index (κ3) is 5.11. The summed E-state index contributed by atoms with van der Waals surface area (Å²) in [4.78, 5) is 2.38. The summed E-state index contributed by atoms with van der Waals surface area (Å²) in [7, 11) is 0. The Labute approximate surface area is 160 Å². The van der Waals surface area contributed by atoms with E-state index in [1.54, 1.807) is 0 Å². The first-order valence-electron chi connectivity index (χ1n) is 9.38. The molecule has 2 aromatic rings. The van der Waals surface area contributed by atoms with Gasteiger partial charge in [-0.2, -0.15) is 0 Å². The Morgan fingerprint density at radius 1 is 0.846 bits per heavy atom. The zero-order valence-electron chi connectivity index (χ0n) is 17.2. The number of allylic oxidation sites excluding steroid dienone is 2. The quantitative estimate of drug-likeness (QED) is 0.514. The number of nitrogens with zero attached hydrogens (tertiary/aromatic N) is 1. The summed E-state index contributed by atoms with van der Waals surface area (Å²) in [5.41, 5.74) is 5.38. The van der Waals surface area contributed by atoms with Crippen molar-refractivity contribution in [3.8, 4) is 0 Å². The van der Waals surface area contributed by atoms with Gasteiger partial charge in [-0.15, -0.1) is 0 Å². The van der Waals surface area contributed by atoms with Gasteiger partial charge in [0.25, 0.3) is 0 Å². The van der Waals surface area contributed by atoms with Crippen molar-refractivity contribution in [3.63, 3.8) is 0 Å². The lowest BCUT2D eigenvalue weighted by atomic mass is 9.85. The Hall–Kier alpha value is -2.28. The first kappa shape index (κ1) is 20.0. The largest absolute Gasteiger partial charge is 0.337 e. The lowest BCUT2D eigenvalue weighted by Crippen LogP contribution is -2.26. The van der Waals surface area contributed by atoms with Gasteiger partial charge in [0.05, 0.1) is 0 Å². The van der Waals surface area contributed by atoms with Crippen LogP contribution in [0.25, 0.3) is 0 Å². The van der Waals surface area contributed by atoms with Crippen LogP contribution in [0.2, 0.25) is 0 Å². The normalized spacial score (nSPS) is 12.8. The Balaban J connectivity index is 2.46. The SMILES string of the molecule is C=C/C=C(\CN(c1ccccc1)c1ccc(C(C)(C)C)cc1)C(C)(C)C. The molecule has 0 atom stereocenters. The van der Waals surface area contributed by atoms with Gasteiger partial charge >= 0.3 is 0 Å². The molecule has 0 saturated heterocycles. The van der Waals surface area contributed by atoms with Crippen LogP contribution in [0.15, 0.2) is 78.9 Å². The maximum atomic E-state index is 3.91. The van der Waals surface area contributed by atoms with E-state index in [0.717, 1.165) is 6.54 Å². The highest BCUT2D eigenvalue weighted by molar-refractivity contribution is 5.64. The van der Waals surface area contributed by atoms with E-state index in [-0.39, 0.29) is 10.8 Å². The molecule has 0 saturated carbocycles. The predicted octanol–water partition coefficient (Wildman–Crippen LogP) is 7.28. The van der Waals surface area contributed by atoms with E-state index in [2.05, 4.69) is 114 Å². The van der Waals surface area contributed by atoms with Crippen LogP contribution in [0.5, 0.6) is 0 Å². The molecule has 0 aromatic heterocycles. The van der Waals surface area contributed by atoms with Crippen LogP contribution in [-0.4, -0.2) is 6.54 Å². The van der Waals surface area contributed by atoms with Crippen molar-refractivity contribution >= 4 is 11.4 Å². The molecular formula is C25H33N. The molecule has 0 unspecified atom stereocenters. The summed E-state index contributed by atoms with van der Waals surface area (Å²) in [5, 5.41) is 0. The average molecular weight is 348 g/mol. The highest BCUT2D eigenvalue weighted by Crippen LogP contribution is 2.33. The second kappa shape index (κ2) is 7.95. The van der Waals surface area contributed by atoms with Gasteiger partial charge in [0.2, 0.25) is 0 Å². The molecule has 0 radical (unpaired) electrons. The van der Waals surface area contributed by atoms with Gasteiger partial charge in [0, 0.05) is 17.9 Å². The fourth-order valence-corrected chi connectivity index (χ4v) is 2.93. The van der Waals surface area contributed by atoms with Gasteiger partial charge in [0.1, 0.15) is 0 Å². The van der Waals surface area contributed by atoms with E-state index >= 15 is 0 Å². The second-order valence-corrected chi connectivity index (χ2v) is 8.90. The van der Waals surface area contributed by atoms with Crippen LogP contribution in [0.3, 0.4) is 0 Å². The van der Waals surface area contributed by atoms with Crippen LogP contribution >= 0.6 is 0 Å². The predicted molar refractivity (Wildman–Crippen MR) is 116 cm³/mol. The topological polar surface area (TPSA) is 3.24 Å². The molecule has 0 aliphatic rings. The molecule has 1 heteroatoms. The molecule has 1 nitrogen and oxygen atoms in total. The monoisotopic (exact) mass is 347 g/mol. The van der Waals surface area contributed by atoms with E-state index in [4.69, 9.17) is 0 Å². The van der Waals surface area contributed by atoms with E-state index < -0.39 is 0 Å². The molecule has 0 heterocycles. The smallest absolute Gasteiger partial charge is 0.0449 e. The summed E-state index contributed by atoms with van der Waals surface area (Å²) in [6, 6.07) is 19.6. The minimum Gasteiger partial charge on any atom is -0.337 e. The summed E-state index contributed by atoms with van der Waals surface area (Å²) < 4.78 is 0. The molecule has 138 valence electrons. The Morgan fingerprint density at radius 2 is 1.38 bits per heavy atom. The van der Waals surface area contributed by atoms with Crippen molar-refractivity contribution in [1.82, 2.24) is 0 Å². The summed E-state index contributed by atoms with van der Waals surface area (Å²) >= 11 is 0. The van der Waals surface area contributed by atoms with Crippen molar-refractivity contribution in [2.24, 2.45) is 5.41 Å². The second-order valence-electron chi connectivity index (χ2n) is 8.90. The van der Waals surface area contributed by atoms with Crippen molar-refractivity contribution in [1.29, 1.82) is 0 Å². The standard InChI is InChI=1S/C25H33N/c1-8-12-21(25(5,6)7)19-26(22-13-10-9-11-14-22)23-17-15-20(16-18-23)24(2,3)4/h8-18H,1,19H2,2-7H3/b21-12+. The minimum atomic E-state index is 0.0899. The third-order valence-electron chi connectivity index (χ3n) is 4.72. The lowest BCUT2D eigenvalue weighted by Gasteiger charge is -2.32. The van der Waals surface area contributed by atoms with Crippen LogP contribution in [0.4, 0.5) is 11.4 Å². The van der Waals surface area contributed by atoms with Gasteiger partial charge in [-0.1, -0.05) is 90.6 Å². The van der Waals surface area contributed by atoms with E-state index in [0.29, 0.717) is 0 Å². The van der Waals surface area contributed by atoms with Gasteiger partial charge in [-0.05, 0) is 46.2 Å². The Morgan fingerprint density at radius 3 is 1.85 bits per heavy atom. The Bertz CT molecular complexity index is 737. The maximum absolute atomic E-state index is 3.91. The van der Waals surface area contributed by atoms with Gasteiger partial charge in [-0.25, -0.2) is 0 Å². The van der Waals surface area contributed by atoms with Gasteiger partial charge in [0.15, 0.2) is 0 Å². The van der Waals surface area contributed by atoms with Crippen molar-refractivity contribution < 1.29 is 0 Å². The minimum absolute atomic E-state index is 0.0899. The van der Waals surface area contributed by atoms with E-state index in [1.165, 1.54) is 22.5 Å². The number of benzene rings is 2. The highest BCUT2D eigenvalue weighted by Gasteiger charge is 2.21. The average Bonchev–Trinajstić information content (AvgIpc) is 2.58. The fourth-order valence-electron chi connectivity index (χ4n) is 2.93. The summed E-state index contributed by atoms with van der Waals surface area (Å²) in [6.07, 6.45) is 4.05. The van der Waals surface area contributed by atoms with Crippen molar-refractivity contribution in [3.05, 3.63) is 84.5 Å². The molecule has 0 aliphatic carbocycles. The molecule has 0 fully saturated rings. The first-order chi connectivity index (χ1) is 12.1. The molecule has 0 bridgehead atoms. The zero-order chi connectivity index (χ0) is 19.4. The summed E-state index contributed by atoms with van der Waals surface area (Å²) in [5.74, 6) is 0. The molecule has 0 amide bonds. The number of hydrogen-bond donors (Lipinski definition) is 0. The molecule has 0 spiro atoms. The van der Waals surface area contributed by atoms with Gasteiger partial charge in [-0.3, -0.25) is 0 Å². The summed E-state index contributed by atoms with van der Waals surface area (Å²) in [6.45, 7) is 18.3. The van der Waals surface area contributed by atoms with Crippen molar-refractivity contribution in [2.75, 3.05) is 11.4 Å². The number of rotatable bonds is 5. The molecule has 0 N–H and O–H groups in total. The molecule has 2 rings (SSSR count). The number of anilines is 2. The third-order valence-corrected chi connectivity index (χ3v) is 4.72. The zero-order valence-corrected chi connectivity index (χ0v) is 17.2. The van der Waals surface area contributed by atoms with Crippen LogP contribution < -0.4 is 4.90 Å². The molecule has 0 aliphatic heterocycles. The molecule has 26 heavy (non-hydrogen) atoms. The number of hydrogen-bond acceptors (Lipinski definition) is 1. The Kier molecular flexibility index (Phi) is 6.13. The van der Waals surface area contributed by atoms with Gasteiger partial charge < -0.3 is 4.90 Å². The van der Waals surface area contributed by atoms with E-state index in [9.17, 15) is 0 Å². The molecule has 2 aromatic carbocycles. The maximum Gasteiger partial charge on any atom is 0.0449 e. The highest BCUT2D eigenvalue weighted by atomic mass is 15.1. The number of para-hydroxylation sites is 1. The van der Waals surface area contributed by atoms with Crippen LogP contribution in [-0.2, 0) is 5.41 Å². The first-order valence-corrected chi connectivity index (χ1v) is 9.38. The molecular weight excluding hydrogens is 314 g/mol.